The SMILES string of the molecule is CNS(=O)(=O)c1cccc(C(=O)NCC2([NH+]3CCOCC3)CCCCC2)c1. The molecule has 7 nitrogen and oxygen atoms in total. The van der Waals surface area contributed by atoms with Gasteiger partial charge in [0.25, 0.3) is 5.91 Å². The maximum atomic E-state index is 12.7. The lowest BCUT2D eigenvalue weighted by molar-refractivity contribution is -0.960. The lowest BCUT2D eigenvalue weighted by atomic mass is 9.79. The largest absolute Gasteiger partial charge is 0.370 e. The molecule has 3 rings (SSSR count). The van der Waals surface area contributed by atoms with E-state index in [0.29, 0.717) is 12.1 Å². The van der Waals surface area contributed by atoms with Gasteiger partial charge >= 0.3 is 0 Å². The Morgan fingerprint density at radius 2 is 1.89 bits per heavy atom. The Morgan fingerprint density at radius 1 is 1.19 bits per heavy atom. The summed E-state index contributed by atoms with van der Waals surface area (Å²) in [5.41, 5.74) is 0.432. The van der Waals surface area contributed by atoms with Crippen molar-refractivity contribution in [3.8, 4) is 0 Å². The average Bonchev–Trinajstić information content (AvgIpc) is 2.73. The molecule has 1 aromatic rings. The minimum Gasteiger partial charge on any atom is -0.370 e. The Morgan fingerprint density at radius 3 is 2.56 bits per heavy atom. The van der Waals surface area contributed by atoms with Crippen LogP contribution < -0.4 is 14.9 Å². The normalized spacial score (nSPS) is 20.9. The summed E-state index contributed by atoms with van der Waals surface area (Å²) in [6.07, 6.45) is 5.85. The second-order valence-electron chi connectivity index (χ2n) is 7.47. The molecule has 1 saturated heterocycles. The van der Waals surface area contributed by atoms with Gasteiger partial charge < -0.3 is 15.0 Å². The molecule has 3 N–H and O–H groups in total. The number of benzene rings is 1. The van der Waals surface area contributed by atoms with Gasteiger partial charge in [-0.25, -0.2) is 13.1 Å². The van der Waals surface area contributed by atoms with Gasteiger partial charge in [0.1, 0.15) is 18.6 Å². The van der Waals surface area contributed by atoms with E-state index in [-0.39, 0.29) is 16.3 Å². The average molecular weight is 397 g/mol. The first-order chi connectivity index (χ1) is 13.0. The van der Waals surface area contributed by atoms with Gasteiger partial charge in [0, 0.05) is 18.4 Å². The highest BCUT2D eigenvalue weighted by molar-refractivity contribution is 7.89. The summed E-state index contributed by atoms with van der Waals surface area (Å²) in [5, 5.41) is 3.09. The molecule has 0 atom stereocenters. The minimum absolute atomic E-state index is 0.0619. The molecular weight excluding hydrogens is 366 g/mol. The number of nitrogens with one attached hydrogen (secondary N) is 3. The molecule has 150 valence electrons. The van der Waals surface area contributed by atoms with E-state index in [1.54, 1.807) is 12.1 Å². The second kappa shape index (κ2) is 8.68. The van der Waals surface area contributed by atoms with E-state index < -0.39 is 10.0 Å². The molecular formula is C19H30N3O4S+. The zero-order valence-corrected chi connectivity index (χ0v) is 16.7. The van der Waals surface area contributed by atoms with E-state index >= 15 is 0 Å². The molecule has 1 saturated carbocycles. The van der Waals surface area contributed by atoms with Crippen molar-refractivity contribution in [3.63, 3.8) is 0 Å². The summed E-state index contributed by atoms with van der Waals surface area (Å²) < 4.78 is 31.8. The van der Waals surface area contributed by atoms with E-state index in [2.05, 4.69) is 10.0 Å². The number of amides is 1. The summed E-state index contributed by atoms with van der Waals surface area (Å²) in [7, 11) is -2.21. The van der Waals surface area contributed by atoms with Crippen LogP contribution in [-0.2, 0) is 14.8 Å². The van der Waals surface area contributed by atoms with Crippen LogP contribution in [0.25, 0.3) is 0 Å². The smallest absolute Gasteiger partial charge is 0.251 e. The predicted octanol–water partition coefficient (Wildman–Crippen LogP) is -0.0575. The molecule has 2 fully saturated rings. The standard InChI is InChI=1S/C19H29N3O4S/c1-20-27(24,25)17-7-5-6-16(14-17)18(23)21-15-19(8-3-2-4-9-19)22-10-12-26-13-11-22/h5-7,14,20H,2-4,8-13,15H2,1H3,(H,21,23)/p+1. The summed E-state index contributed by atoms with van der Waals surface area (Å²) in [6.45, 7) is 4.12. The molecule has 1 aromatic carbocycles. The zero-order chi connectivity index (χ0) is 19.3. The van der Waals surface area contributed by atoms with E-state index in [1.165, 1.54) is 43.3 Å². The first-order valence-corrected chi connectivity index (χ1v) is 11.2. The number of quaternary nitrogens is 1. The predicted molar refractivity (Wildman–Crippen MR) is 102 cm³/mol. The van der Waals surface area contributed by atoms with Crippen molar-refractivity contribution in [2.24, 2.45) is 0 Å². The lowest BCUT2D eigenvalue weighted by Gasteiger charge is -2.45. The molecule has 1 aliphatic carbocycles. The van der Waals surface area contributed by atoms with E-state index in [4.69, 9.17) is 4.74 Å². The van der Waals surface area contributed by atoms with Gasteiger partial charge in [-0.2, -0.15) is 0 Å². The summed E-state index contributed by atoms with van der Waals surface area (Å²) in [6, 6.07) is 6.17. The third-order valence-corrected chi connectivity index (χ3v) is 7.33. The van der Waals surface area contributed by atoms with E-state index in [1.807, 2.05) is 0 Å². The van der Waals surface area contributed by atoms with Crippen molar-refractivity contribution in [1.82, 2.24) is 10.0 Å². The highest BCUT2D eigenvalue weighted by atomic mass is 32.2. The second-order valence-corrected chi connectivity index (χ2v) is 9.36. The van der Waals surface area contributed by atoms with Crippen molar-refractivity contribution >= 4 is 15.9 Å². The number of hydrogen-bond donors (Lipinski definition) is 3. The van der Waals surface area contributed by atoms with Crippen molar-refractivity contribution in [3.05, 3.63) is 29.8 Å². The number of carbonyl (C=O) groups excluding carboxylic acids is 1. The first-order valence-electron chi connectivity index (χ1n) is 9.72. The first kappa shape index (κ1) is 20.3. The van der Waals surface area contributed by atoms with Gasteiger partial charge in [-0.05, 0) is 38.1 Å². The van der Waals surface area contributed by atoms with Crippen LogP contribution in [-0.4, -0.2) is 59.8 Å². The Balaban J connectivity index is 1.72. The third kappa shape index (κ3) is 4.68. The molecule has 0 bridgehead atoms. The number of carbonyl (C=O) groups is 1. The number of sulfonamides is 1. The van der Waals surface area contributed by atoms with Crippen LogP contribution >= 0.6 is 0 Å². The van der Waals surface area contributed by atoms with Crippen molar-refractivity contribution in [1.29, 1.82) is 0 Å². The van der Waals surface area contributed by atoms with Crippen LogP contribution in [0.5, 0.6) is 0 Å². The molecule has 1 aliphatic heterocycles. The fourth-order valence-electron chi connectivity index (χ4n) is 4.31. The van der Waals surface area contributed by atoms with Crippen LogP contribution in [0.4, 0.5) is 0 Å². The molecule has 8 heteroatoms. The van der Waals surface area contributed by atoms with E-state index in [0.717, 1.165) is 39.1 Å². The highest BCUT2D eigenvalue weighted by Gasteiger charge is 2.42. The molecule has 0 unspecified atom stereocenters. The molecule has 27 heavy (non-hydrogen) atoms. The summed E-state index contributed by atoms with van der Waals surface area (Å²) >= 11 is 0. The van der Waals surface area contributed by atoms with Gasteiger partial charge in [-0.1, -0.05) is 12.5 Å². The van der Waals surface area contributed by atoms with Gasteiger partial charge in [-0.15, -0.1) is 0 Å². The molecule has 0 aromatic heterocycles. The van der Waals surface area contributed by atoms with Gasteiger partial charge in [0.15, 0.2) is 0 Å². The van der Waals surface area contributed by atoms with Crippen LogP contribution in [0.15, 0.2) is 29.2 Å². The topological polar surface area (TPSA) is 88.9 Å². The van der Waals surface area contributed by atoms with Gasteiger partial charge in [0.05, 0.1) is 24.7 Å². The number of rotatable bonds is 6. The van der Waals surface area contributed by atoms with Gasteiger partial charge in [0.2, 0.25) is 10.0 Å². The van der Waals surface area contributed by atoms with Crippen LogP contribution in [0.1, 0.15) is 42.5 Å². The lowest BCUT2D eigenvalue weighted by Crippen LogP contribution is -3.23. The monoisotopic (exact) mass is 396 g/mol. The molecule has 1 heterocycles. The zero-order valence-electron chi connectivity index (χ0n) is 15.9. The van der Waals surface area contributed by atoms with Crippen LogP contribution in [0.3, 0.4) is 0 Å². The number of morpholine rings is 1. The molecule has 0 radical (unpaired) electrons. The Labute approximate surface area is 161 Å². The Hall–Kier alpha value is -1.48. The number of ether oxygens (including phenoxy) is 1. The third-order valence-electron chi connectivity index (χ3n) is 5.92. The maximum absolute atomic E-state index is 12.7. The van der Waals surface area contributed by atoms with Crippen molar-refractivity contribution in [2.45, 2.75) is 42.5 Å². The summed E-state index contributed by atoms with van der Waals surface area (Å²) in [5.74, 6) is -0.222. The summed E-state index contributed by atoms with van der Waals surface area (Å²) in [4.78, 5) is 14.3. The fourth-order valence-corrected chi connectivity index (χ4v) is 5.08. The van der Waals surface area contributed by atoms with Crippen molar-refractivity contribution in [2.75, 3.05) is 39.9 Å². The fraction of sp³-hybridized carbons (Fsp3) is 0.632. The molecule has 2 aliphatic rings. The van der Waals surface area contributed by atoms with Gasteiger partial charge in [-0.3, -0.25) is 4.79 Å². The Kier molecular flexibility index (Phi) is 6.52. The number of hydrogen-bond acceptors (Lipinski definition) is 4. The maximum Gasteiger partial charge on any atom is 0.251 e. The van der Waals surface area contributed by atoms with Crippen LogP contribution in [0.2, 0.25) is 0 Å². The van der Waals surface area contributed by atoms with Crippen LogP contribution in [0, 0.1) is 0 Å². The minimum atomic E-state index is -3.57. The highest BCUT2D eigenvalue weighted by Crippen LogP contribution is 2.25. The van der Waals surface area contributed by atoms with E-state index in [9.17, 15) is 13.2 Å². The van der Waals surface area contributed by atoms with Crippen molar-refractivity contribution < 1.29 is 22.8 Å². The Bertz CT molecular complexity index is 754. The molecule has 1 amide bonds. The quantitative estimate of drug-likeness (QED) is 0.629. The molecule has 0 spiro atoms.